The standard InChI is InChI=1S/C8H9Cl2NO/c9-7-3-6(4-8(10)11-7)12-5-1-2-5/h3,5,8H,1-2,4H2. The summed E-state index contributed by atoms with van der Waals surface area (Å²) in [5.41, 5.74) is -0.253. The van der Waals surface area contributed by atoms with E-state index in [0.717, 1.165) is 18.6 Å². The zero-order valence-electron chi connectivity index (χ0n) is 6.46. The van der Waals surface area contributed by atoms with Gasteiger partial charge in [0.2, 0.25) is 0 Å². The van der Waals surface area contributed by atoms with Crippen molar-refractivity contribution < 1.29 is 4.74 Å². The number of halogens is 2. The van der Waals surface area contributed by atoms with Crippen molar-refractivity contribution >= 4 is 28.4 Å². The third-order valence-electron chi connectivity index (χ3n) is 1.76. The van der Waals surface area contributed by atoms with Crippen LogP contribution in [0.15, 0.2) is 16.8 Å². The van der Waals surface area contributed by atoms with E-state index in [4.69, 9.17) is 27.9 Å². The molecule has 0 N–H and O–H groups in total. The number of alkyl halides is 1. The molecule has 0 aromatic heterocycles. The topological polar surface area (TPSA) is 21.6 Å². The Morgan fingerprint density at radius 2 is 2.25 bits per heavy atom. The second-order valence-electron chi connectivity index (χ2n) is 3.02. The lowest BCUT2D eigenvalue weighted by Crippen LogP contribution is -2.09. The third-order valence-corrected chi connectivity index (χ3v) is 2.21. The van der Waals surface area contributed by atoms with Gasteiger partial charge in [-0.25, -0.2) is 0 Å². The number of allylic oxidation sites excluding steroid dienone is 1. The van der Waals surface area contributed by atoms with E-state index in [1.54, 1.807) is 6.08 Å². The van der Waals surface area contributed by atoms with Crippen LogP contribution in [0.25, 0.3) is 0 Å². The quantitative estimate of drug-likeness (QED) is 0.502. The van der Waals surface area contributed by atoms with Crippen LogP contribution in [0.2, 0.25) is 0 Å². The zero-order valence-corrected chi connectivity index (χ0v) is 7.98. The van der Waals surface area contributed by atoms with Gasteiger partial charge in [0.15, 0.2) is 0 Å². The van der Waals surface area contributed by atoms with E-state index in [2.05, 4.69) is 4.99 Å². The van der Waals surface area contributed by atoms with Gasteiger partial charge in [-0.2, -0.15) is 0 Å². The highest BCUT2D eigenvalue weighted by atomic mass is 35.5. The molecule has 1 aliphatic carbocycles. The van der Waals surface area contributed by atoms with Crippen molar-refractivity contribution in [2.75, 3.05) is 0 Å². The van der Waals surface area contributed by atoms with E-state index in [-0.39, 0.29) is 5.50 Å². The Kier molecular flexibility index (Phi) is 2.28. The van der Waals surface area contributed by atoms with Gasteiger partial charge in [0.1, 0.15) is 16.4 Å². The largest absolute Gasteiger partial charge is 0.495 e. The van der Waals surface area contributed by atoms with Crippen molar-refractivity contribution in [3.8, 4) is 0 Å². The monoisotopic (exact) mass is 205 g/mol. The zero-order chi connectivity index (χ0) is 8.55. The van der Waals surface area contributed by atoms with E-state index < -0.39 is 0 Å². The SMILES string of the molecule is ClC1=NC(Cl)CC(OC2CC2)=C1. The summed E-state index contributed by atoms with van der Waals surface area (Å²) in [6.45, 7) is 0. The molecule has 0 spiro atoms. The van der Waals surface area contributed by atoms with Gasteiger partial charge in [-0.15, -0.1) is 0 Å². The highest BCUT2D eigenvalue weighted by molar-refractivity contribution is 6.68. The molecule has 2 aliphatic rings. The average molecular weight is 206 g/mol. The van der Waals surface area contributed by atoms with E-state index in [9.17, 15) is 0 Å². The number of dihydropyridines is 1. The molecule has 12 heavy (non-hydrogen) atoms. The van der Waals surface area contributed by atoms with Gasteiger partial charge in [-0.05, 0) is 12.8 Å². The lowest BCUT2D eigenvalue weighted by Gasteiger charge is -2.14. The van der Waals surface area contributed by atoms with Crippen LogP contribution in [0, 0.1) is 0 Å². The summed E-state index contributed by atoms with van der Waals surface area (Å²) in [6.07, 6.45) is 5.12. The number of nitrogens with zero attached hydrogens (tertiary/aromatic N) is 1. The first-order valence-electron chi connectivity index (χ1n) is 3.98. The molecule has 2 rings (SSSR count). The van der Waals surface area contributed by atoms with Gasteiger partial charge >= 0.3 is 0 Å². The molecule has 2 nitrogen and oxygen atoms in total. The number of aliphatic imine (C=N–C) groups is 1. The molecule has 1 fully saturated rings. The maximum absolute atomic E-state index is 5.82. The molecule has 0 aromatic rings. The van der Waals surface area contributed by atoms with E-state index in [0.29, 0.717) is 17.7 Å². The molecule has 0 aromatic carbocycles. The van der Waals surface area contributed by atoms with Crippen molar-refractivity contribution in [1.82, 2.24) is 0 Å². The van der Waals surface area contributed by atoms with Crippen molar-refractivity contribution in [2.45, 2.75) is 30.9 Å². The van der Waals surface area contributed by atoms with Gasteiger partial charge in [0, 0.05) is 12.5 Å². The normalized spacial score (nSPS) is 29.3. The van der Waals surface area contributed by atoms with Gasteiger partial charge in [0.05, 0.1) is 6.10 Å². The first-order chi connectivity index (χ1) is 5.74. The fraction of sp³-hybridized carbons (Fsp3) is 0.625. The van der Waals surface area contributed by atoms with Crippen LogP contribution in [-0.4, -0.2) is 16.8 Å². The molecule has 1 unspecified atom stereocenters. The predicted octanol–water partition coefficient (Wildman–Crippen LogP) is 2.66. The van der Waals surface area contributed by atoms with Crippen LogP contribution in [0.3, 0.4) is 0 Å². The minimum atomic E-state index is -0.253. The average Bonchev–Trinajstić information content (AvgIpc) is 2.68. The first-order valence-corrected chi connectivity index (χ1v) is 4.80. The van der Waals surface area contributed by atoms with Gasteiger partial charge < -0.3 is 4.74 Å². The number of ether oxygens (including phenoxy) is 1. The number of rotatable bonds is 2. The summed E-state index contributed by atoms with van der Waals surface area (Å²) in [4.78, 5) is 3.95. The molecule has 1 aliphatic heterocycles. The summed E-state index contributed by atoms with van der Waals surface area (Å²) in [5.74, 6) is 0.873. The Morgan fingerprint density at radius 1 is 1.50 bits per heavy atom. The van der Waals surface area contributed by atoms with Crippen LogP contribution >= 0.6 is 23.2 Å². The van der Waals surface area contributed by atoms with E-state index >= 15 is 0 Å². The van der Waals surface area contributed by atoms with Crippen LogP contribution in [-0.2, 0) is 4.74 Å². The Morgan fingerprint density at radius 3 is 2.83 bits per heavy atom. The molecule has 1 saturated carbocycles. The molecule has 0 radical (unpaired) electrons. The van der Waals surface area contributed by atoms with E-state index in [1.807, 2.05) is 0 Å². The van der Waals surface area contributed by atoms with Gasteiger partial charge in [0.25, 0.3) is 0 Å². The van der Waals surface area contributed by atoms with Crippen molar-refractivity contribution in [3.63, 3.8) is 0 Å². The highest BCUT2D eigenvalue weighted by Gasteiger charge is 2.26. The van der Waals surface area contributed by atoms with Crippen LogP contribution < -0.4 is 0 Å². The predicted molar refractivity (Wildman–Crippen MR) is 49.7 cm³/mol. The maximum atomic E-state index is 5.82. The molecular weight excluding hydrogens is 197 g/mol. The Hall–Kier alpha value is -0.210. The summed E-state index contributed by atoms with van der Waals surface area (Å²) < 4.78 is 5.55. The highest BCUT2D eigenvalue weighted by Crippen LogP contribution is 2.30. The molecule has 0 saturated heterocycles. The fourth-order valence-electron chi connectivity index (χ4n) is 1.06. The molecule has 4 heteroatoms. The summed E-state index contributed by atoms with van der Waals surface area (Å²) in [7, 11) is 0. The molecule has 66 valence electrons. The lowest BCUT2D eigenvalue weighted by atomic mass is 10.3. The van der Waals surface area contributed by atoms with Gasteiger partial charge in [-0.3, -0.25) is 4.99 Å². The van der Waals surface area contributed by atoms with Crippen LogP contribution in [0.1, 0.15) is 19.3 Å². The molecule has 1 atom stereocenters. The molecule has 0 amide bonds. The maximum Gasteiger partial charge on any atom is 0.132 e. The lowest BCUT2D eigenvalue weighted by molar-refractivity contribution is 0.186. The summed E-state index contributed by atoms with van der Waals surface area (Å²) in [5, 5.41) is 0.442. The summed E-state index contributed by atoms with van der Waals surface area (Å²) in [6, 6.07) is 0. The number of hydrogen-bond acceptors (Lipinski definition) is 2. The van der Waals surface area contributed by atoms with E-state index in [1.165, 1.54) is 0 Å². The third kappa shape index (κ3) is 2.14. The van der Waals surface area contributed by atoms with Crippen molar-refractivity contribution in [3.05, 3.63) is 11.8 Å². The second-order valence-corrected chi connectivity index (χ2v) is 3.91. The Labute approximate surface area is 81.2 Å². The molecule has 1 heterocycles. The van der Waals surface area contributed by atoms with Crippen LogP contribution in [0.5, 0.6) is 0 Å². The van der Waals surface area contributed by atoms with Gasteiger partial charge in [-0.1, -0.05) is 23.2 Å². The van der Waals surface area contributed by atoms with Crippen molar-refractivity contribution in [2.24, 2.45) is 4.99 Å². The minimum Gasteiger partial charge on any atom is -0.495 e. The van der Waals surface area contributed by atoms with Crippen molar-refractivity contribution in [1.29, 1.82) is 0 Å². The second kappa shape index (κ2) is 3.27. The fourth-order valence-corrected chi connectivity index (χ4v) is 1.60. The summed E-state index contributed by atoms with van der Waals surface area (Å²) >= 11 is 11.5. The Balaban J connectivity index is 1.99. The smallest absolute Gasteiger partial charge is 0.132 e. The molecular formula is C8H9Cl2NO. The minimum absolute atomic E-state index is 0.253. The first kappa shape index (κ1) is 8.39. The number of hydrogen-bond donors (Lipinski definition) is 0. The Bertz CT molecular complexity index is 245. The molecule has 0 bridgehead atoms. The van der Waals surface area contributed by atoms with Crippen LogP contribution in [0.4, 0.5) is 0 Å².